The van der Waals surface area contributed by atoms with Crippen molar-refractivity contribution in [2.24, 2.45) is 0 Å². The number of phenols is 1. The molecule has 0 aliphatic carbocycles. The zero-order valence-electron chi connectivity index (χ0n) is 11.2. The van der Waals surface area contributed by atoms with Crippen LogP contribution in [0.5, 0.6) is 5.75 Å². The standard InChI is InChI=1S/C14H10N6O2/c15-13-16-11(8-3-5-9(21)6-4-8)17-14-18-12(19-20(13)14)10-2-1-7-22-10/h1-7,21H,(H2,15,16,17,18,19). The summed E-state index contributed by atoms with van der Waals surface area (Å²) in [6, 6.07) is 10.0. The topological polar surface area (TPSA) is 115 Å². The highest BCUT2D eigenvalue weighted by Crippen LogP contribution is 2.21. The minimum Gasteiger partial charge on any atom is -0.508 e. The lowest BCUT2D eigenvalue weighted by molar-refractivity contribution is 0.475. The van der Waals surface area contributed by atoms with Crippen molar-refractivity contribution in [3.05, 3.63) is 42.7 Å². The van der Waals surface area contributed by atoms with Gasteiger partial charge in [0, 0.05) is 5.56 Å². The van der Waals surface area contributed by atoms with Crippen molar-refractivity contribution in [2.75, 3.05) is 5.73 Å². The van der Waals surface area contributed by atoms with Crippen LogP contribution in [0.2, 0.25) is 0 Å². The highest BCUT2D eigenvalue weighted by molar-refractivity contribution is 5.60. The first-order valence-corrected chi connectivity index (χ1v) is 6.44. The molecule has 0 saturated carbocycles. The molecule has 22 heavy (non-hydrogen) atoms. The van der Waals surface area contributed by atoms with E-state index in [0.717, 1.165) is 5.56 Å². The van der Waals surface area contributed by atoms with Gasteiger partial charge in [-0.3, -0.25) is 0 Å². The van der Waals surface area contributed by atoms with Crippen molar-refractivity contribution in [2.45, 2.75) is 0 Å². The molecule has 108 valence electrons. The molecule has 0 atom stereocenters. The molecule has 0 spiro atoms. The van der Waals surface area contributed by atoms with Crippen LogP contribution in [0.4, 0.5) is 5.95 Å². The smallest absolute Gasteiger partial charge is 0.258 e. The number of phenolic OH excluding ortho intramolecular Hbond substituents is 1. The molecular weight excluding hydrogens is 284 g/mol. The number of nitrogens with zero attached hydrogens (tertiary/aromatic N) is 5. The van der Waals surface area contributed by atoms with Gasteiger partial charge in [-0.2, -0.15) is 19.5 Å². The summed E-state index contributed by atoms with van der Waals surface area (Å²) in [5.74, 6) is 1.97. The second-order valence-corrected chi connectivity index (χ2v) is 4.58. The number of hydrogen-bond acceptors (Lipinski definition) is 7. The van der Waals surface area contributed by atoms with Crippen LogP contribution in [0, 0.1) is 0 Å². The Hall–Kier alpha value is -3.42. The van der Waals surface area contributed by atoms with Crippen molar-refractivity contribution in [1.29, 1.82) is 0 Å². The molecule has 0 aliphatic rings. The number of hydrogen-bond donors (Lipinski definition) is 2. The Kier molecular flexibility index (Phi) is 2.55. The van der Waals surface area contributed by atoms with Crippen LogP contribution in [-0.4, -0.2) is 29.7 Å². The maximum atomic E-state index is 9.34. The summed E-state index contributed by atoms with van der Waals surface area (Å²) in [6.45, 7) is 0. The molecule has 0 aliphatic heterocycles. The van der Waals surface area contributed by atoms with E-state index < -0.39 is 0 Å². The molecule has 0 bridgehead atoms. The molecule has 4 aromatic rings. The Morgan fingerprint density at radius 2 is 1.77 bits per heavy atom. The molecule has 0 radical (unpaired) electrons. The number of aromatic hydroxyl groups is 1. The fourth-order valence-corrected chi connectivity index (χ4v) is 2.06. The number of rotatable bonds is 2. The number of anilines is 1. The van der Waals surface area contributed by atoms with Crippen LogP contribution >= 0.6 is 0 Å². The van der Waals surface area contributed by atoms with E-state index in [2.05, 4.69) is 20.1 Å². The Morgan fingerprint density at radius 1 is 1.00 bits per heavy atom. The second-order valence-electron chi connectivity index (χ2n) is 4.58. The Bertz CT molecular complexity index is 944. The number of benzene rings is 1. The van der Waals surface area contributed by atoms with Crippen molar-refractivity contribution >= 4 is 11.7 Å². The van der Waals surface area contributed by atoms with Gasteiger partial charge in [0.15, 0.2) is 11.6 Å². The van der Waals surface area contributed by atoms with Gasteiger partial charge in [0.25, 0.3) is 5.78 Å². The number of fused-ring (bicyclic) bond motifs is 1. The molecule has 0 unspecified atom stereocenters. The molecule has 0 saturated heterocycles. The highest BCUT2D eigenvalue weighted by Gasteiger charge is 2.14. The molecule has 0 amide bonds. The summed E-state index contributed by atoms with van der Waals surface area (Å²) < 4.78 is 6.61. The number of furan rings is 1. The van der Waals surface area contributed by atoms with Crippen molar-refractivity contribution in [3.63, 3.8) is 0 Å². The lowest BCUT2D eigenvalue weighted by Crippen LogP contribution is -2.05. The first kappa shape index (κ1) is 12.3. The average Bonchev–Trinajstić information content (AvgIpc) is 3.17. The summed E-state index contributed by atoms with van der Waals surface area (Å²) >= 11 is 0. The van der Waals surface area contributed by atoms with Gasteiger partial charge in [-0.15, -0.1) is 5.10 Å². The number of nitrogen functional groups attached to an aromatic ring is 1. The van der Waals surface area contributed by atoms with Gasteiger partial charge in [-0.05, 0) is 36.4 Å². The first-order valence-electron chi connectivity index (χ1n) is 6.44. The zero-order chi connectivity index (χ0) is 15.1. The van der Waals surface area contributed by atoms with E-state index in [0.29, 0.717) is 23.2 Å². The highest BCUT2D eigenvalue weighted by atomic mass is 16.3. The van der Waals surface area contributed by atoms with Crippen LogP contribution in [0.1, 0.15) is 0 Å². The zero-order valence-corrected chi connectivity index (χ0v) is 11.2. The largest absolute Gasteiger partial charge is 0.508 e. The summed E-state index contributed by atoms with van der Waals surface area (Å²) in [5, 5.41) is 13.6. The Labute approximate surface area is 123 Å². The fourth-order valence-electron chi connectivity index (χ4n) is 2.06. The van der Waals surface area contributed by atoms with E-state index in [1.165, 1.54) is 10.8 Å². The third-order valence-electron chi connectivity index (χ3n) is 3.10. The molecule has 3 heterocycles. The van der Waals surface area contributed by atoms with Gasteiger partial charge in [-0.25, -0.2) is 0 Å². The van der Waals surface area contributed by atoms with Crippen LogP contribution in [-0.2, 0) is 0 Å². The molecule has 3 N–H and O–H groups in total. The van der Waals surface area contributed by atoms with Crippen molar-refractivity contribution < 1.29 is 9.52 Å². The van der Waals surface area contributed by atoms with E-state index in [9.17, 15) is 5.11 Å². The van der Waals surface area contributed by atoms with Crippen molar-refractivity contribution in [3.8, 4) is 28.7 Å². The van der Waals surface area contributed by atoms with Gasteiger partial charge < -0.3 is 15.3 Å². The molecule has 8 heteroatoms. The summed E-state index contributed by atoms with van der Waals surface area (Å²) in [4.78, 5) is 12.8. The second kappa shape index (κ2) is 4.55. The molecule has 1 aromatic carbocycles. The number of aromatic nitrogens is 5. The normalized spacial score (nSPS) is 11.1. The van der Waals surface area contributed by atoms with Crippen LogP contribution in [0.15, 0.2) is 47.1 Å². The molecule has 3 aromatic heterocycles. The van der Waals surface area contributed by atoms with E-state index in [1.807, 2.05) is 0 Å². The summed E-state index contributed by atoms with van der Waals surface area (Å²) in [6.07, 6.45) is 1.54. The number of nitrogens with two attached hydrogens (primary N) is 1. The monoisotopic (exact) mass is 294 g/mol. The van der Waals surface area contributed by atoms with Gasteiger partial charge >= 0.3 is 0 Å². The van der Waals surface area contributed by atoms with E-state index in [-0.39, 0.29) is 11.7 Å². The lowest BCUT2D eigenvalue weighted by atomic mass is 10.2. The molecular formula is C14H10N6O2. The predicted octanol–water partition coefficient (Wildman–Crippen LogP) is 1.73. The van der Waals surface area contributed by atoms with Gasteiger partial charge in [0.05, 0.1) is 6.26 Å². The third-order valence-corrected chi connectivity index (χ3v) is 3.10. The maximum Gasteiger partial charge on any atom is 0.258 e. The lowest BCUT2D eigenvalue weighted by Gasteiger charge is -2.02. The SMILES string of the molecule is Nc1nc(-c2ccc(O)cc2)nc2nc(-c3ccco3)nn12. The summed E-state index contributed by atoms with van der Waals surface area (Å²) in [7, 11) is 0. The van der Waals surface area contributed by atoms with Gasteiger partial charge in [-0.1, -0.05) is 0 Å². The first-order chi connectivity index (χ1) is 10.7. The predicted molar refractivity (Wildman–Crippen MR) is 77.8 cm³/mol. The minimum absolute atomic E-state index is 0.165. The minimum atomic E-state index is 0.165. The van der Waals surface area contributed by atoms with Gasteiger partial charge in [0.1, 0.15) is 5.75 Å². The van der Waals surface area contributed by atoms with Gasteiger partial charge in [0.2, 0.25) is 11.8 Å². The maximum absolute atomic E-state index is 9.34. The average molecular weight is 294 g/mol. The van der Waals surface area contributed by atoms with E-state index in [1.54, 1.807) is 36.4 Å². The molecule has 0 fully saturated rings. The summed E-state index contributed by atoms with van der Waals surface area (Å²) in [5.41, 5.74) is 6.64. The third kappa shape index (κ3) is 1.94. The van der Waals surface area contributed by atoms with E-state index >= 15 is 0 Å². The van der Waals surface area contributed by atoms with Crippen LogP contribution < -0.4 is 5.73 Å². The quantitative estimate of drug-likeness (QED) is 0.578. The van der Waals surface area contributed by atoms with E-state index in [4.69, 9.17) is 10.2 Å². The van der Waals surface area contributed by atoms with Crippen LogP contribution in [0.25, 0.3) is 28.8 Å². The molecule has 4 rings (SSSR count). The van der Waals surface area contributed by atoms with Crippen LogP contribution in [0.3, 0.4) is 0 Å². The Balaban J connectivity index is 1.87. The van der Waals surface area contributed by atoms with Crippen molar-refractivity contribution in [1.82, 2.24) is 24.6 Å². The fraction of sp³-hybridized carbons (Fsp3) is 0. The Morgan fingerprint density at radius 3 is 2.50 bits per heavy atom. The molecule has 8 nitrogen and oxygen atoms in total.